The number of fused-ring (bicyclic) bond motifs is 1. The SMILES string of the molecule is C.C.C.C.C.C.CCOCOc1ccccc1NC(=O)C(CC(C)C(=O)OC1C2CC3C(=O)OC1C3C2)CC(CC)C(=O)Nc1ccccc1O. The molecule has 2 bridgehead atoms. The van der Waals surface area contributed by atoms with Gasteiger partial charge in [-0.3, -0.25) is 19.2 Å². The van der Waals surface area contributed by atoms with Crippen LogP contribution in [0.15, 0.2) is 48.5 Å². The molecular weight excluding hydrogens is 652 g/mol. The Bertz CT molecular complexity index is 1400. The van der Waals surface area contributed by atoms with Crippen LogP contribution in [0.4, 0.5) is 11.4 Å². The Kier molecular flexibility index (Phi) is 21.1. The molecule has 51 heavy (non-hydrogen) atoms. The summed E-state index contributed by atoms with van der Waals surface area (Å²) in [7, 11) is 0. The summed E-state index contributed by atoms with van der Waals surface area (Å²) in [4.78, 5) is 52.7. The predicted octanol–water partition coefficient (Wildman–Crippen LogP) is 8.71. The second kappa shape index (κ2) is 22.0. The number of rotatable bonds is 15. The van der Waals surface area contributed by atoms with E-state index in [0.717, 1.165) is 6.42 Å². The summed E-state index contributed by atoms with van der Waals surface area (Å²) in [5.41, 5.74) is 0.716. The number of hydrogen-bond donors (Lipinski definition) is 3. The number of aromatic hydroxyl groups is 1. The molecule has 0 aromatic heterocycles. The standard InChI is InChI=1S/C34H42N2O9.6CH4/c1-4-20(31(38)35-25-10-6-8-12-27(25)37)15-22(32(39)36-26-11-7-9-13-28(26)43-18-42-5-2)14-19(3)33(40)44-29-21-16-23-24(17-21)34(41)45-30(23)29;;;;;;/h6-13,19-24,29-30,37H,4-5,14-18H2,1-3H3,(H,35,38)(H,36,39);6*1H4. The maximum absolute atomic E-state index is 13.8. The number of para-hydroxylation sites is 4. The number of anilines is 2. The first-order valence-electron chi connectivity index (χ1n) is 15.8. The minimum absolute atomic E-state index is 0. The summed E-state index contributed by atoms with van der Waals surface area (Å²) >= 11 is 0. The highest BCUT2D eigenvalue weighted by molar-refractivity contribution is 5.96. The topological polar surface area (TPSA) is 149 Å². The van der Waals surface area contributed by atoms with Gasteiger partial charge in [0.1, 0.15) is 23.7 Å². The number of hydrogen-bond acceptors (Lipinski definition) is 9. The molecule has 8 atom stereocenters. The molecule has 8 unspecified atom stereocenters. The van der Waals surface area contributed by atoms with E-state index < -0.39 is 35.9 Å². The van der Waals surface area contributed by atoms with Crippen molar-refractivity contribution >= 4 is 35.1 Å². The van der Waals surface area contributed by atoms with E-state index >= 15 is 0 Å². The van der Waals surface area contributed by atoms with Gasteiger partial charge in [-0.1, -0.05) is 82.7 Å². The quantitative estimate of drug-likeness (QED) is 0.0711. The zero-order valence-electron chi connectivity index (χ0n) is 25.9. The fraction of sp³-hybridized carbons (Fsp3) is 0.600. The van der Waals surface area contributed by atoms with Crippen molar-refractivity contribution in [3.8, 4) is 11.5 Å². The third-order valence-corrected chi connectivity index (χ3v) is 9.32. The van der Waals surface area contributed by atoms with Crippen molar-refractivity contribution in [2.75, 3.05) is 24.0 Å². The summed E-state index contributed by atoms with van der Waals surface area (Å²) in [5, 5.41) is 15.9. The molecule has 5 rings (SSSR count). The maximum atomic E-state index is 13.8. The van der Waals surface area contributed by atoms with Crippen LogP contribution in [-0.4, -0.2) is 54.5 Å². The number of carbonyl (C=O) groups excluding carboxylic acids is 4. The van der Waals surface area contributed by atoms with E-state index in [-0.39, 0.29) is 111 Å². The Hall–Kier alpha value is -4.12. The molecule has 2 aromatic carbocycles. The number of ether oxygens (including phenoxy) is 4. The summed E-state index contributed by atoms with van der Waals surface area (Å²) in [6, 6.07) is 13.4. The van der Waals surface area contributed by atoms with E-state index in [1.54, 1.807) is 49.4 Å². The van der Waals surface area contributed by atoms with Gasteiger partial charge in [0.25, 0.3) is 0 Å². The van der Waals surface area contributed by atoms with Crippen molar-refractivity contribution in [3.63, 3.8) is 0 Å². The van der Waals surface area contributed by atoms with Crippen molar-refractivity contribution in [2.45, 2.75) is 110 Å². The third kappa shape index (κ3) is 11.2. The third-order valence-electron chi connectivity index (χ3n) is 9.32. The molecule has 290 valence electrons. The summed E-state index contributed by atoms with van der Waals surface area (Å²) in [6.07, 6.45) is 1.32. The lowest BCUT2D eigenvalue weighted by atomic mass is 9.85. The van der Waals surface area contributed by atoms with Gasteiger partial charge in [0.05, 0.1) is 23.2 Å². The van der Waals surface area contributed by atoms with Gasteiger partial charge < -0.3 is 34.7 Å². The molecule has 3 fully saturated rings. The van der Waals surface area contributed by atoms with Crippen LogP contribution in [0.25, 0.3) is 0 Å². The van der Waals surface area contributed by atoms with Gasteiger partial charge in [-0.2, -0.15) is 0 Å². The second-order valence-electron chi connectivity index (χ2n) is 12.2. The van der Waals surface area contributed by atoms with Crippen molar-refractivity contribution in [2.24, 2.45) is 35.5 Å². The van der Waals surface area contributed by atoms with E-state index in [4.69, 9.17) is 18.9 Å². The van der Waals surface area contributed by atoms with E-state index in [1.165, 1.54) is 6.07 Å². The van der Waals surface area contributed by atoms with Crippen molar-refractivity contribution in [1.82, 2.24) is 0 Å². The molecule has 1 aliphatic heterocycles. The van der Waals surface area contributed by atoms with Gasteiger partial charge in [0, 0.05) is 30.3 Å². The highest BCUT2D eigenvalue weighted by Gasteiger charge is 2.63. The minimum atomic E-state index is -0.749. The van der Waals surface area contributed by atoms with E-state index in [1.807, 2.05) is 13.8 Å². The summed E-state index contributed by atoms with van der Waals surface area (Å²) in [5.74, 6) is -2.90. The molecule has 2 amide bonds. The largest absolute Gasteiger partial charge is 0.506 e. The molecular formula is C40H66N2O9. The van der Waals surface area contributed by atoms with Crippen LogP contribution in [0.5, 0.6) is 11.5 Å². The highest BCUT2D eigenvalue weighted by atomic mass is 16.7. The molecule has 1 heterocycles. The fourth-order valence-electron chi connectivity index (χ4n) is 6.88. The number of phenols is 1. The molecule has 11 heteroatoms. The molecule has 11 nitrogen and oxygen atoms in total. The molecule has 1 saturated heterocycles. The number of nitrogens with one attached hydrogen (secondary N) is 2. The normalized spacial score (nSPS) is 21.9. The zero-order chi connectivity index (χ0) is 32.1. The number of esters is 2. The van der Waals surface area contributed by atoms with E-state index in [0.29, 0.717) is 30.9 Å². The lowest BCUT2D eigenvalue weighted by Gasteiger charge is -2.28. The Labute approximate surface area is 307 Å². The minimum Gasteiger partial charge on any atom is -0.506 e. The zero-order valence-corrected chi connectivity index (χ0v) is 25.9. The van der Waals surface area contributed by atoms with Gasteiger partial charge >= 0.3 is 11.9 Å². The highest BCUT2D eigenvalue weighted by Crippen LogP contribution is 2.55. The van der Waals surface area contributed by atoms with Crippen molar-refractivity contribution < 1.29 is 43.2 Å². The van der Waals surface area contributed by atoms with Crippen LogP contribution in [0.3, 0.4) is 0 Å². The average Bonchev–Trinajstić information content (AvgIpc) is 3.66. The number of carbonyl (C=O) groups is 4. The molecule has 2 aromatic rings. The van der Waals surface area contributed by atoms with Crippen LogP contribution in [0.2, 0.25) is 0 Å². The Morgan fingerprint density at radius 1 is 0.863 bits per heavy atom. The fourth-order valence-corrected chi connectivity index (χ4v) is 6.88. The first kappa shape index (κ1) is 49.0. The molecule has 2 saturated carbocycles. The molecule has 0 radical (unpaired) electrons. The van der Waals surface area contributed by atoms with Gasteiger partial charge in [0.15, 0.2) is 6.79 Å². The van der Waals surface area contributed by atoms with E-state index in [9.17, 15) is 24.3 Å². The molecule has 0 spiro atoms. The smallest absolute Gasteiger partial charge is 0.309 e. The van der Waals surface area contributed by atoms with Crippen LogP contribution in [0.1, 0.15) is 97.4 Å². The van der Waals surface area contributed by atoms with Gasteiger partial charge in [-0.25, -0.2) is 0 Å². The van der Waals surface area contributed by atoms with Crippen LogP contribution in [-0.2, 0) is 33.4 Å². The van der Waals surface area contributed by atoms with Crippen LogP contribution < -0.4 is 15.4 Å². The molecule has 3 N–H and O–H groups in total. The predicted molar refractivity (Wildman–Crippen MR) is 204 cm³/mol. The van der Waals surface area contributed by atoms with Crippen molar-refractivity contribution in [3.05, 3.63) is 48.5 Å². The average molecular weight is 719 g/mol. The molecule has 3 aliphatic rings. The Balaban J connectivity index is 0. The lowest BCUT2D eigenvalue weighted by Crippen LogP contribution is -2.38. The Morgan fingerprint density at radius 2 is 1.47 bits per heavy atom. The molecule has 2 aliphatic carbocycles. The van der Waals surface area contributed by atoms with Crippen LogP contribution >= 0.6 is 0 Å². The number of phenolic OH excluding ortho intramolecular Hbond substituents is 1. The maximum Gasteiger partial charge on any atom is 0.309 e. The van der Waals surface area contributed by atoms with E-state index in [2.05, 4.69) is 10.6 Å². The Morgan fingerprint density at radius 3 is 2.12 bits per heavy atom. The van der Waals surface area contributed by atoms with Gasteiger partial charge in [0.2, 0.25) is 11.8 Å². The summed E-state index contributed by atoms with van der Waals surface area (Å²) < 4.78 is 22.5. The number of amides is 2. The first-order chi connectivity index (χ1) is 21.7. The summed E-state index contributed by atoms with van der Waals surface area (Å²) in [6.45, 7) is 5.89. The first-order valence-corrected chi connectivity index (χ1v) is 15.8. The van der Waals surface area contributed by atoms with Crippen LogP contribution in [0, 0.1) is 35.5 Å². The van der Waals surface area contributed by atoms with Gasteiger partial charge in [-0.15, -0.1) is 0 Å². The monoisotopic (exact) mass is 718 g/mol. The lowest BCUT2D eigenvalue weighted by molar-refractivity contribution is -0.165. The second-order valence-corrected chi connectivity index (χ2v) is 12.2. The number of benzene rings is 2. The van der Waals surface area contributed by atoms with Crippen molar-refractivity contribution in [1.29, 1.82) is 0 Å². The van der Waals surface area contributed by atoms with Gasteiger partial charge in [-0.05, 0) is 63.3 Å².